The summed E-state index contributed by atoms with van der Waals surface area (Å²) in [7, 11) is 1.46. The maximum Gasteiger partial charge on any atom is 0.334 e. The highest BCUT2D eigenvalue weighted by atomic mass is 16.5. The van der Waals surface area contributed by atoms with Crippen molar-refractivity contribution in [1.29, 1.82) is 0 Å². The van der Waals surface area contributed by atoms with Gasteiger partial charge in [-0.15, -0.1) is 0 Å². The van der Waals surface area contributed by atoms with Crippen LogP contribution in [0.1, 0.15) is 25.7 Å². The molecule has 0 aromatic carbocycles. The zero-order chi connectivity index (χ0) is 9.26. The van der Waals surface area contributed by atoms with E-state index >= 15 is 0 Å². The van der Waals surface area contributed by atoms with Crippen molar-refractivity contribution in [2.24, 2.45) is 5.92 Å². The summed E-state index contributed by atoms with van der Waals surface area (Å²) in [6.07, 6.45) is 8.58. The van der Waals surface area contributed by atoms with Gasteiger partial charge in [0.2, 0.25) is 0 Å². The second kappa shape index (κ2) is 3.36. The van der Waals surface area contributed by atoms with Gasteiger partial charge in [0, 0.05) is 5.57 Å². The molecule has 0 heterocycles. The number of ether oxygens (including phenoxy) is 1. The smallest absolute Gasteiger partial charge is 0.334 e. The third-order valence-electron chi connectivity index (χ3n) is 2.92. The first-order valence-corrected chi connectivity index (χ1v) is 4.80. The van der Waals surface area contributed by atoms with Gasteiger partial charge in [-0.25, -0.2) is 4.79 Å². The quantitative estimate of drug-likeness (QED) is 0.454. The summed E-state index contributed by atoms with van der Waals surface area (Å²) < 4.78 is 4.77. The predicted octanol–water partition coefficient (Wildman–Crippen LogP) is 2.22. The lowest BCUT2D eigenvalue weighted by molar-refractivity contribution is -0.136. The molecule has 0 aliphatic heterocycles. The zero-order valence-electron chi connectivity index (χ0n) is 7.88. The van der Waals surface area contributed by atoms with Crippen molar-refractivity contribution in [2.45, 2.75) is 25.7 Å². The molecule has 1 saturated carbocycles. The Morgan fingerprint density at radius 3 is 3.23 bits per heavy atom. The number of carbonyl (C=O) groups is 1. The van der Waals surface area contributed by atoms with Gasteiger partial charge >= 0.3 is 5.97 Å². The second-order valence-corrected chi connectivity index (χ2v) is 3.63. The van der Waals surface area contributed by atoms with E-state index in [4.69, 9.17) is 4.74 Å². The third kappa shape index (κ3) is 1.41. The first kappa shape index (κ1) is 8.54. The topological polar surface area (TPSA) is 26.3 Å². The predicted molar refractivity (Wildman–Crippen MR) is 50.1 cm³/mol. The molecule has 0 bridgehead atoms. The van der Waals surface area contributed by atoms with E-state index in [9.17, 15) is 4.79 Å². The van der Waals surface area contributed by atoms with Crippen molar-refractivity contribution < 1.29 is 9.53 Å². The lowest BCUT2D eigenvalue weighted by Crippen LogP contribution is -2.12. The molecular formula is C11H14O2. The first-order chi connectivity index (χ1) is 6.33. The van der Waals surface area contributed by atoms with E-state index in [1.54, 1.807) is 0 Å². The molecule has 1 atom stereocenters. The summed E-state index contributed by atoms with van der Waals surface area (Å²) >= 11 is 0. The molecule has 2 nitrogen and oxygen atoms in total. The highest BCUT2D eigenvalue weighted by Gasteiger charge is 2.27. The molecule has 0 aromatic heterocycles. The molecule has 2 heteroatoms. The Kier molecular flexibility index (Phi) is 2.21. The van der Waals surface area contributed by atoms with Crippen LogP contribution in [0.2, 0.25) is 0 Å². The molecular weight excluding hydrogens is 164 g/mol. The van der Waals surface area contributed by atoms with E-state index in [2.05, 4.69) is 12.2 Å². The Bertz CT molecular complexity index is 286. The Morgan fingerprint density at radius 1 is 1.62 bits per heavy atom. The normalized spacial score (nSPS) is 26.1. The van der Waals surface area contributed by atoms with E-state index in [1.165, 1.54) is 25.5 Å². The summed E-state index contributed by atoms with van der Waals surface area (Å²) in [6, 6.07) is 0. The van der Waals surface area contributed by atoms with E-state index in [1.807, 2.05) is 0 Å². The van der Waals surface area contributed by atoms with Gasteiger partial charge in [-0.05, 0) is 31.6 Å². The Labute approximate surface area is 78.3 Å². The van der Waals surface area contributed by atoms with Crippen LogP contribution in [0.3, 0.4) is 0 Å². The van der Waals surface area contributed by atoms with Crippen LogP contribution < -0.4 is 0 Å². The van der Waals surface area contributed by atoms with Gasteiger partial charge in [-0.1, -0.05) is 17.7 Å². The SMILES string of the molecule is COC(=O)C1=C2CCCC2C=CC1. The molecule has 0 saturated heterocycles. The average Bonchev–Trinajstić information content (AvgIpc) is 2.63. The molecule has 13 heavy (non-hydrogen) atoms. The fraction of sp³-hybridized carbons (Fsp3) is 0.545. The summed E-state index contributed by atoms with van der Waals surface area (Å²) in [5, 5.41) is 0. The average molecular weight is 178 g/mol. The van der Waals surface area contributed by atoms with Crippen LogP contribution in [-0.2, 0) is 9.53 Å². The summed E-state index contributed by atoms with van der Waals surface area (Å²) in [5.41, 5.74) is 2.24. The fourth-order valence-electron chi connectivity index (χ4n) is 2.28. The fourth-order valence-corrected chi connectivity index (χ4v) is 2.28. The molecule has 2 aliphatic rings. The van der Waals surface area contributed by atoms with Crippen LogP contribution in [0.4, 0.5) is 0 Å². The molecule has 2 rings (SSSR count). The summed E-state index contributed by atoms with van der Waals surface area (Å²) in [6.45, 7) is 0. The molecule has 0 N–H and O–H groups in total. The first-order valence-electron chi connectivity index (χ1n) is 4.80. The number of allylic oxidation sites excluding steroid dienone is 3. The molecule has 0 radical (unpaired) electrons. The zero-order valence-corrected chi connectivity index (χ0v) is 7.88. The Balaban J connectivity index is 2.29. The third-order valence-corrected chi connectivity index (χ3v) is 2.92. The lowest BCUT2D eigenvalue weighted by atomic mass is 9.90. The number of esters is 1. The van der Waals surface area contributed by atoms with Crippen molar-refractivity contribution in [2.75, 3.05) is 7.11 Å². The van der Waals surface area contributed by atoms with Crippen LogP contribution in [0.15, 0.2) is 23.3 Å². The van der Waals surface area contributed by atoms with Crippen LogP contribution in [0.25, 0.3) is 0 Å². The van der Waals surface area contributed by atoms with Gasteiger partial charge in [-0.2, -0.15) is 0 Å². The molecule has 1 fully saturated rings. The minimum atomic E-state index is -0.133. The van der Waals surface area contributed by atoms with Crippen molar-refractivity contribution in [3.63, 3.8) is 0 Å². The van der Waals surface area contributed by atoms with E-state index in [0.717, 1.165) is 18.4 Å². The van der Waals surface area contributed by atoms with Crippen LogP contribution in [0, 0.1) is 5.92 Å². The van der Waals surface area contributed by atoms with Gasteiger partial charge in [0.05, 0.1) is 7.11 Å². The molecule has 0 aromatic rings. The summed E-state index contributed by atoms with van der Waals surface area (Å²) in [5.74, 6) is 0.397. The van der Waals surface area contributed by atoms with Gasteiger partial charge < -0.3 is 4.74 Å². The van der Waals surface area contributed by atoms with Crippen molar-refractivity contribution in [3.05, 3.63) is 23.3 Å². The molecule has 2 aliphatic carbocycles. The Morgan fingerprint density at radius 2 is 2.46 bits per heavy atom. The maximum atomic E-state index is 11.4. The van der Waals surface area contributed by atoms with Gasteiger partial charge in [0.1, 0.15) is 0 Å². The van der Waals surface area contributed by atoms with Crippen LogP contribution >= 0.6 is 0 Å². The van der Waals surface area contributed by atoms with E-state index in [0.29, 0.717) is 5.92 Å². The molecule has 0 amide bonds. The lowest BCUT2D eigenvalue weighted by Gasteiger charge is -2.16. The highest BCUT2D eigenvalue weighted by molar-refractivity contribution is 5.90. The molecule has 70 valence electrons. The standard InChI is InChI=1S/C11H14O2/c1-13-11(12)10-7-3-5-8-4-2-6-9(8)10/h3,5,8H,2,4,6-7H2,1H3. The van der Waals surface area contributed by atoms with Crippen LogP contribution in [0.5, 0.6) is 0 Å². The second-order valence-electron chi connectivity index (χ2n) is 3.63. The number of hydrogen-bond donors (Lipinski definition) is 0. The largest absolute Gasteiger partial charge is 0.466 e. The summed E-state index contributed by atoms with van der Waals surface area (Å²) in [4.78, 5) is 11.4. The van der Waals surface area contributed by atoms with Crippen LogP contribution in [-0.4, -0.2) is 13.1 Å². The monoisotopic (exact) mass is 178 g/mol. The molecule has 1 unspecified atom stereocenters. The number of fused-ring (bicyclic) bond motifs is 1. The Hall–Kier alpha value is -1.05. The van der Waals surface area contributed by atoms with Gasteiger partial charge in [0.15, 0.2) is 0 Å². The van der Waals surface area contributed by atoms with Gasteiger partial charge in [0.25, 0.3) is 0 Å². The maximum absolute atomic E-state index is 11.4. The van der Waals surface area contributed by atoms with Gasteiger partial charge in [-0.3, -0.25) is 0 Å². The molecule has 0 spiro atoms. The number of rotatable bonds is 1. The van der Waals surface area contributed by atoms with E-state index in [-0.39, 0.29) is 5.97 Å². The number of hydrogen-bond acceptors (Lipinski definition) is 2. The minimum absolute atomic E-state index is 0.133. The van der Waals surface area contributed by atoms with Crippen molar-refractivity contribution in [3.8, 4) is 0 Å². The van der Waals surface area contributed by atoms with Crippen molar-refractivity contribution >= 4 is 5.97 Å². The highest BCUT2D eigenvalue weighted by Crippen LogP contribution is 2.38. The number of methoxy groups -OCH3 is 1. The van der Waals surface area contributed by atoms with Crippen molar-refractivity contribution in [1.82, 2.24) is 0 Å². The minimum Gasteiger partial charge on any atom is -0.466 e. The van der Waals surface area contributed by atoms with E-state index < -0.39 is 0 Å². The number of carbonyl (C=O) groups excluding carboxylic acids is 1.